The molecule has 13 heavy (non-hydrogen) atoms. The highest BCUT2D eigenvalue weighted by Crippen LogP contribution is 2.23. The molecule has 1 heterocycles. The van der Waals surface area contributed by atoms with Gasteiger partial charge in [0, 0.05) is 16.7 Å². The smallest absolute Gasteiger partial charge is 0.127 e. The van der Waals surface area contributed by atoms with Gasteiger partial charge in [-0.3, -0.25) is 0 Å². The maximum atomic E-state index is 13.4. The maximum absolute atomic E-state index is 13.4. The minimum Gasteiger partial charge on any atom is -0.302 e. The molecule has 1 aromatic rings. The van der Waals surface area contributed by atoms with Gasteiger partial charge in [-0.25, -0.2) is 4.39 Å². The summed E-state index contributed by atoms with van der Waals surface area (Å²) in [5.74, 6) is -0.0324. The highest BCUT2D eigenvalue weighted by atomic mass is 127. The van der Waals surface area contributed by atoms with E-state index in [1.54, 1.807) is 6.07 Å². The third-order valence-corrected chi connectivity index (χ3v) is 3.06. The van der Waals surface area contributed by atoms with E-state index in [-0.39, 0.29) is 5.82 Å². The van der Waals surface area contributed by atoms with Crippen LogP contribution in [0.5, 0.6) is 0 Å². The van der Waals surface area contributed by atoms with E-state index in [0.29, 0.717) is 0 Å². The molecule has 0 saturated carbocycles. The Hall–Kier alpha value is -0.160. The molecule has 0 atom stereocenters. The van der Waals surface area contributed by atoms with E-state index in [2.05, 4.69) is 40.6 Å². The lowest BCUT2D eigenvalue weighted by atomic mass is 10.00. The SMILES string of the molecule is CN1CCc2c(F)cc(I)cc2C1. The number of hydrogen-bond donors (Lipinski definition) is 0. The molecule has 0 bridgehead atoms. The average Bonchev–Trinajstić information content (AvgIpc) is 2.02. The van der Waals surface area contributed by atoms with E-state index in [4.69, 9.17) is 0 Å². The van der Waals surface area contributed by atoms with Crippen molar-refractivity contribution in [3.8, 4) is 0 Å². The molecule has 0 amide bonds. The first-order chi connectivity index (χ1) is 6.16. The van der Waals surface area contributed by atoms with E-state index >= 15 is 0 Å². The van der Waals surface area contributed by atoms with E-state index in [0.717, 1.165) is 34.2 Å². The number of benzene rings is 1. The first kappa shape index (κ1) is 9.40. The van der Waals surface area contributed by atoms with Crippen LogP contribution in [0.4, 0.5) is 4.39 Å². The summed E-state index contributed by atoms with van der Waals surface area (Å²) >= 11 is 2.16. The number of fused-ring (bicyclic) bond motifs is 1. The topological polar surface area (TPSA) is 3.24 Å². The molecule has 0 N–H and O–H groups in total. The van der Waals surface area contributed by atoms with E-state index in [1.165, 1.54) is 0 Å². The summed E-state index contributed by atoms with van der Waals surface area (Å²) in [6.45, 7) is 1.84. The van der Waals surface area contributed by atoms with Crippen molar-refractivity contribution in [3.63, 3.8) is 0 Å². The summed E-state index contributed by atoms with van der Waals surface area (Å²) in [4.78, 5) is 2.22. The molecule has 1 aliphatic heterocycles. The molecular weight excluding hydrogens is 280 g/mol. The largest absolute Gasteiger partial charge is 0.302 e. The Morgan fingerprint density at radius 1 is 1.46 bits per heavy atom. The summed E-state index contributed by atoms with van der Waals surface area (Å²) in [6.07, 6.45) is 0.842. The van der Waals surface area contributed by atoms with Crippen molar-refractivity contribution >= 4 is 22.6 Å². The minimum atomic E-state index is -0.0324. The molecule has 0 spiro atoms. The predicted molar refractivity (Wildman–Crippen MR) is 59.2 cm³/mol. The van der Waals surface area contributed by atoms with Crippen LogP contribution >= 0.6 is 22.6 Å². The zero-order valence-electron chi connectivity index (χ0n) is 7.48. The van der Waals surface area contributed by atoms with Crippen LogP contribution in [0.15, 0.2) is 12.1 Å². The van der Waals surface area contributed by atoms with Crippen molar-refractivity contribution in [1.82, 2.24) is 4.90 Å². The monoisotopic (exact) mass is 291 g/mol. The van der Waals surface area contributed by atoms with Gasteiger partial charge in [-0.1, -0.05) is 0 Å². The lowest BCUT2D eigenvalue weighted by molar-refractivity contribution is 0.308. The van der Waals surface area contributed by atoms with Gasteiger partial charge in [-0.15, -0.1) is 0 Å². The summed E-state index contributed by atoms with van der Waals surface area (Å²) in [5, 5.41) is 0. The maximum Gasteiger partial charge on any atom is 0.127 e. The molecule has 0 aliphatic carbocycles. The second-order valence-electron chi connectivity index (χ2n) is 3.51. The highest BCUT2D eigenvalue weighted by molar-refractivity contribution is 14.1. The standard InChI is InChI=1S/C10H11FIN/c1-13-3-2-9-7(6-13)4-8(12)5-10(9)11/h4-5H,2-3,6H2,1H3. The summed E-state index contributed by atoms with van der Waals surface area (Å²) in [7, 11) is 2.07. The fourth-order valence-electron chi connectivity index (χ4n) is 1.75. The molecule has 0 unspecified atom stereocenters. The molecule has 70 valence electrons. The van der Waals surface area contributed by atoms with Gasteiger partial charge >= 0.3 is 0 Å². The number of rotatable bonds is 0. The number of hydrogen-bond acceptors (Lipinski definition) is 1. The van der Waals surface area contributed by atoms with Gasteiger partial charge in [0.2, 0.25) is 0 Å². The molecule has 0 saturated heterocycles. The number of likely N-dealkylation sites (N-methyl/N-ethyl adjacent to an activating group) is 1. The molecule has 1 aromatic carbocycles. The summed E-state index contributed by atoms with van der Waals surface area (Å²) in [5.41, 5.74) is 2.07. The van der Waals surface area contributed by atoms with Crippen LogP contribution < -0.4 is 0 Å². The van der Waals surface area contributed by atoms with E-state index in [9.17, 15) is 4.39 Å². The van der Waals surface area contributed by atoms with Crippen LogP contribution in [0.25, 0.3) is 0 Å². The molecule has 1 nitrogen and oxygen atoms in total. The second kappa shape index (κ2) is 3.53. The molecule has 0 radical (unpaired) electrons. The van der Waals surface area contributed by atoms with Gasteiger partial charge in [0.05, 0.1) is 0 Å². The quantitative estimate of drug-likeness (QED) is 0.664. The minimum absolute atomic E-state index is 0.0324. The Labute approximate surface area is 91.1 Å². The fourth-order valence-corrected chi connectivity index (χ4v) is 2.40. The molecule has 0 fully saturated rings. The van der Waals surface area contributed by atoms with Gasteiger partial charge in [0.25, 0.3) is 0 Å². The van der Waals surface area contributed by atoms with Crippen molar-refractivity contribution in [2.45, 2.75) is 13.0 Å². The first-order valence-electron chi connectivity index (χ1n) is 4.32. The first-order valence-corrected chi connectivity index (χ1v) is 5.40. The predicted octanol–water partition coefficient (Wildman–Crippen LogP) is 2.42. The normalized spacial score (nSPS) is 17.2. The summed E-state index contributed by atoms with van der Waals surface area (Å²) in [6, 6.07) is 3.69. The van der Waals surface area contributed by atoms with Crippen LogP contribution in [0.1, 0.15) is 11.1 Å². The Morgan fingerprint density at radius 2 is 2.23 bits per heavy atom. The van der Waals surface area contributed by atoms with Gasteiger partial charge in [0.1, 0.15) is 5.82 Å². The second-order valence-corrected chi connectivity index (χ2v) is 4.76. The van der Waals surface area contributed by atoms with Crippen LogP contribution in [-0.2, 0) is 13.0 Å². The molecule has 3 heteroatoms. The van der Waals surface area contributed by atoms with E-state index in [1.807, 2.05) is 0 Å². The Bertz CT molecular complexity index is 338. The average molecular weight is 291 g/mol. The lowest BCUT2D eigenvalue weighted by Gasteiger charge is -2.25. The van der Waals surface area contributed by atoms with Gasteiger partial charge < -0.3 is 4.90 Å². The molecule has 1 aliphatic rings. The molecule has 2 rings (SSSR count). The van der Waals surface area contributed by atoms with Gasteiger partial charge in [-0.2, -0.15) is 0 Å². The Morgan fingerprint density at radius 3 is 3.00 bits per heavy atom. The van der Waals surface area contributed by atoms with Crippen LogP contribution in [0, 0.1) is 9.39 Å². The summed E-state index contributed by atoms with van der Waals surface area (Å²) < 4.78 is 14.4. The molecule has 0 aromatic heterocycles. The molecular formula is C10H11FIN. The third-order valence-electron chi connectivity index (χ3n) is 2.44. The third kappa shape index (κ3) is 1.86. The van der Waals surface area contributed by atoms with Crippen molar-refractivity contribution < 1.29 is 4.39 Å². The van der Waals surface area contributed by atoms with Crippen LogP contribution in [-0.4, -0.2) is 18.5 Å². The highest BCUT2D eigenvalue weighted by Gasteiger charge is 2.16. The Kier molecular flexibility index (Phi) is 2.55. The lowest BCUT2D eigenvalue weighted by Crippen LogP contribution is -2.27. The van der Waals surface area contributed by atoms with Crippen molar-refractivity contribution in [1.29, 1.82) is 0 Å². The van der Waals surface area contributed by atoms with Crippen molar-refractivity contribution in [3.05, 3.63) is 32.6 Å². The number of nitrogens with zero attached hydrogens (tertiary/aromatic N) is 1. The zero-order valence-corrected chi connectivity index (χ0v) is 9.64. The van der Waals surface area contributed by atoms with Crippen LogP contribution in [0.3, 0.4) is 0 Å². The van der Waals surface area contributed by atoms with Gasteiger partial charge in [0.15, 0.2) is 0 Å². The van der Waals surface area contributed by atoms with Crippen molar-refractivity contribution in [2.24, 2.45) is 0 Å². The van der Waals surface area contributed by atoms with E-state index < -0.39 is 0 Å². The van der Waals surface area contributed by atoms with Gasteiger partial charge in [-0.05, 0) is 59.3 Å². The van der Waals surface area contributed by atoms with Crippen molar-refractivity contribution in [2.75, 3.05) is 13.6 Å². The van der Waals surface area contributed by atoms with Crippen LogP contribution in [0.2, 0.25) is 0 Å². The Balaban J connectivity index is 2.47. The fraction of sp³-hybridized carbons (Fsp3) is 0.400. The zero-order chi connectivity index (χ0) is 9.42. The number of halogens is 2.